The fourth-order valence-corrected chi connectivity index (χ4v) is 2.81. The van der Waals surface area contributed by atoms with E-state index in [9.17, 15) is 22.8 Å². The van der Waals surface area contributed by atoms with Crippen molar-refractivity contribution < 1.29 is 27.3 Å². The summed E-state index contributed by atoms with van der Waals surface area (Å²) in [5.41, 5.74) is -1.06. The maximum atomic E-state index is 12.4. The summed E-state index contributed by atoms with van der Waals surface area (Å²) in [5.74, 6) is -0.246. The van der Waals surface area contributed by atoms with Crippen molar-refractivity contribution >= 4 is 45.9 Å². The lowest BCUT2D eigenvalue weighted by Gasteiger charge is -2.03. The Morgan fingerprint density at radius 3 is 2.50 bits per heavy atom. The minimum absolute atomic E-state index is 0.0228. The Morgan fingerprint density at radius 2 is 1.96 bits per heavy atom. The molecule has 2 aromatic heterocycles. The van der Waals surface area contributed by atoms with E-state index in [1.165, 1.54) is 6.07 Å². The molecule has 0 saturated heterocycles. The minimum Gasteiger partial charge on any atom is -0.360 e. The number of aryl methyl sites for hydroxylation is 1. The molecule has 2 heterocycles. The van der Waals surface area contributed by atoms with E-state index in [0.29, 0.717) is 17.1 Å². The first-order chi connectivity index (χ1) is 11.2. The third kappa shape index (κ3) is 5.53. The van der Waals surface area contributed by atoms with E-state index in [1.807, 2.05) is 0 Å². The molecule has 2 amide bonds. The Morgan fingerprint density at radius 1 is 1.29 bits per heavy atom. The first kappa shape index (κ1) is 18.3. The van der Waals surface area contributed by atoms with Crippen LogP contribution in [-0.2, 0) is 15.8 Å². The monoisotopic (exact) mass is 380 g/mol. The number of hydrogen-bond donors (Lipinski definition) is 2. The topological polar surface area (TPSA) is 97.1 Å². The second-order valence-electron chi connectivity index (χ2n) is 4.45. The van der Waals surface area contributed by atoms with E-state index in [2.05, 4.69) is 20.8 Å². The van der Waals surface area contributed by atoms with Gasteiger partial charge < -0.3 is 15.2 Å². The van der Waals surface area contributed by atoms with Gasteiger partial charge in [-0.25, -0.2) is 4.98 Å². The molecule has 0 radical (unpaired) electrons. The van der Waals surface area contributed by atoms with Crippen molar-refractivity contribution in [1.29, 1.82) is 0 Å². The van der Waals surface area contributed by atoms with Gasteiger partial charge >= 0.3 is 6.18 Å². The molecule has 0 atom stereocenters. The molecule has 130 valence electrons. The number of anilines is 2. The van der Waals surface area contributed by atoms with Gasteiger partial charge in [0.05, 0.1) is 11.5 Å². The zero-order valence-electron chi connectivity index (χ0n) is 12.1. The third-order valence-electron chi connectivity index (χ3n) is 2.40. The summed E-state index contributed by atoms with van der Waals surface area (Å²) in [4.78, 5) is 26.5. The number of thioether (sulfide) groups is 1. The van der Waals surface area contributed by atoms with Crippen LogP contribution in [0.2, 0.25) is 0 Å². The molecular formula is C12H11F3N4O3S2. The number of carbonyl (C=O) groups is 2. The first-order valence-electron chi connectivity index (χ1n) is 6.37. The Labute approximate surface area is 142 Å². The number of hydrogen-bond acceptors (Lipinski definition) is 7. The van der Waals surface area contributed by atoms with Crippen molar-refractivity contribution in [3.8, 4) is 0 Å². The van der Waals surface area contributed by atoms with Crippen LogP contribution in [0.15, 0.2) is 16.0 Å². The van der Waals surface area contributed by atoms with Crippen LogP contribution < -0.4 is 10.6 Å². The van der Waals surface area contributed by atoms with E-state index >= 15 is 0 Å². The highest BCUT2D eigenvalue weighted by Gasteiger charge is 2.33. The predicted molar refractivity (Wildman–Crippen MR) is 82.9 cm³/mol. The van der Waals surface area contributed by atoms with Crippen molar-refractivity contribution in [3.63, 3.8) is 0 Å². The normalized spacial score (nSPS) is 11.3. The summed E-state index contributed by atoms with van der Waals surface area (Å²) in [6.07, 6.45) is -4.55. The van der Waals surface area contributed by atoms with Crippen LogP contribution in [0, 0.1) is 6.92 Å². The van der Waals surface area contributed by atoms with Gasteiger partial charge in [-0.15, -0.1) is 23.1 Å². The van der Waals surface area contributed by atoms with Crippen molar-refractivity contribution in [2.45, 2.75) is 13.1 Å². The number of amides is 2. The summed E-state index contributed by atoms with van der Waals surface area (Å²) in [6, 6.07) is 1.54. The fraction of sp³-hybridized carbons (Fsp3) is 0.333. The standard InChI is InChI=1S/C12H11F3N4O3S2/c1-6-2-8(19-22-6)17-9(20)4-23-5-10(21)18-11-16-7(3-24-11)12(13,14)15/h2-3H,4-5H2,1H3,(H,16,18,21)(H,17,19,20). The number of nitrogens with zero attached hydrogens (tertiary/aromatic N) is 2. The number of rotatable bonds is 6. The minimum atomic E-state index is -4.55. The Hall–Kier alpha value is -2.08. The highest BCUT2D eigenvalue weighted by molar-refractivity contribution is 8.00. The molecular weight excluding hydrogens is 369 g/mol. The maximum absolute atomic E-state index is 12.4. The van der Waals surface area contributed by atoms with Crippen LogP contribution in [0.1, 0.15) is 11.5 Å². The zero-order valence-corrected chi connectivity index (χ0v) is 13.8. The van der Waals surface area contributed by atoms with Crippen molar-refractivity contribution in [1.82, 2.24) is 10.1 Å². The zero-order chi connectivity index (χ0) is 17.7. The molecule has 0 saturated carbocycles. The number of carbonyl (C=O) groups excluding carboxylic acids is 2. The molecule has 2 aromatic rings. The van der Waals surface area contributed by atoms with E-state index in [4.69, 9.17) is 4.52 Å². The molecule has 0 bridgehead atoms. The summed E-state index contributed by atoms with van der Waals surface area (Å²) >= 11 is 1.68. The van der Waals surface area contributed by atoms with E-state index in [0.717, 1.165) is 17.1 Å². The summed E-state index contributed by atoms with van der Waals surface area (Å²) in [7, 11) is 0. The Kier molecular flexibility index (Phi) is 5.83. The third-order valence-corrected chi connectivity index (χ3v) is 4.09. The van der Waals surface area contributed by atoms with E-state index in [1.54, 1.807) is 6.92 Å². The van der Waals surface area contributed by atoms with Crippen LogP contribution in [0.5, 0.6) is 0 Å². The van der Waals surface area contributed by atoms with Crippen LogP contribution in [0.25, 0.3) is 0 Å². The van der Waals surface area contributed by atoms with Crippen molar-refractivity contribution in [2.24, 2.45) is 0 Å². The highest BCUT2D eigenvalue weighted by atomic mass is 32.2. The van der Waals surface area contributed by atoms with Gasteiger partial charge in [0, 0.05) is 11.4 Å². The molecule has 2 N–H and O–H groups in total. The summed E-state index contributed by atoms with van der Waals surface area (Å²) in [6.45, 7) is 1.67. The van der Waals surface area contributed by atoms with E-state index < -0.39 is 17.8 Å². The van der Waals surface area contributed by atoms with Gasteiger partial charge in [0.15, 0.2) is 16.6 Å². The number of nitrogens with one attached hydrogen (secondary N) is 2. The van der Waals surface area contributed by atoms with Crippen LogP contribution in [-0.4, -0.2) is 33.5 Å². The average Bonchev–Trinajstić information content (AvgIpc) is 3.07. The number of thiazole rings is 1. The first-order valence-corrected chi connectivity index (χ1v) is 8.41. The number of alkyl halides is 3. The van der Waals surface area contributed by atoms with Crippen molar-refractivity contribution in [2.75, 3.05) is 22.1 Å². The molecule has 0 aliphatic heterocycles. The van der Waals surface area contributed by atoms with Gasteiger partial charge in [-0.2, -0.15) is 13.2 Å². The average molecular weight is 380 g/mol. The molecule has 24 heavy (non-hydrogen) atoms. The molecule has 0 unspecified atom stereocenters. The Bertz CT molecular complexity index is 729. The summed E-state index contributed by atoms with van der Waals surface area (Å²) < 4.78 is 41.9. The smallest absolute Gasteiger partial charge is 0.360 e. The van der Waals surface area contributed by atoms with Gasteiger partial charge in [-0.3, -0.25) is 9.59 Å². The summed E-state index contributed by atoms with van der Waals surface area (Å²) in [5, 5.41) is 8.98. The predicted octanol–water partition coefficient (Wildman–Crippen LogP) is 2.77. The molecule has 12 heteroatoms. The number of aromatic nitrogens is 2. The molecule has 2 rings (SSSR count). The van der Waals surface area contributed by atoms with Crippen LogP contribution >= 0.6 is 23.1 Å². The van der Waals surface area contributed by atoms with Gasteiger partial charge in [0.1, 0.15) is 5.76 Å². The molecule has 0 aliphatic carbocycles. The molecule has 0 aromatic carbocycles. The fourth-order valence-electron chi connectivity index (χ4n) is 1.46. The van der Waals surface area contributed by atoms with E-state index in [-0.39, 0.29) is 28.4 Å². The lowest BCUT2D eigenvalue weighted by molar-refractivity contribution is -0.140. The van der Waals surface area contributed by atoms with Gasteiger partial charge in [-0.05, 0) is 6.92 Å². The van der Waals surface area contributed by atoms with Gasteiger partial charge in [0.25, 0.3) is 0 Å². The SMILES string of the molecule is Cc1cc(NC(=O)CSCC(=O)Nc2nc(C(F)(F)F)cs2)no1. The van der Waals surface area contributed by atoms with Gasteiger partial charge in [0.2, 0.25) is 11.8 Å². The Balaban J connectivity index is 1.71. The van der Waals surface area contributed by atoms with Crippen LogP contribution in [0.3, 0.4) is 0 Å². The second-order valence-corrected chi connectivity index (χ2v) is 6.29. The van der Waals surface area contributed by atoms with Gasteiger partial charge in [-0.1, -0.05) is 5.16 Å². The van der Waals surface area contributed by atoms with Crippen LogP contribution in [0.4, 0.5) is 24.1 Å². The quantitative estimate of drug-likeness (QED) is 0.800. The second kappa shape index (κ2) is 7.66. The van der Waals surface area contributed by atoms with Crippen molar-refractivity contribution in [3.05, 3.63) is 22.9 Å². The molecule has 0 aliphatic rings. The molecule has 7 nitrogen and oxygen atoms in total. The lowest BCUT2D eigenvalue weighted by Crippen LogP contribution is -2.18. The largest absolute Gasteiger partial charge is 0.434 e. The molecule has 0 fully saturated rings. The highest BCUT2D eigenvalue weighted by Crippen LogP contribution is 2.31. The number of halogens is 3. The molecule has 0 spiro atoms. The maximum Gasteiger partial charge on any atom is 0.434 e. The lowest BCUT2D eigenvalue weighted by atomic mass is 10.5.